The zero-order valence-electron chi connectivity index (χ0n) is 12.0. The van der Waals surface area contributed by atoms with E-state index in [1.165, 1.54) is 0 Å². The Labute approximate surface area is 125 Å². The van der Waals surface area contributed by atoms with Gasteiger partial charge in [0, 0.05) is 12.6 Å². The molecule has 7 heteroatoms. The summed E-state index contributed by atoms with van der Waals surface area (Å²) in [7, 11) is -3.69. The molecule has 1 saturated carbocycles. The number of benzene rings is 1. The first-order valence-electron chi connectivity index (χ1n) is 6.98. The molecule has 0 bridgehead atoms. The molecular formula is C14H20N2O4S. The Morgan fingerprint density at radius 2 is 2.00 bits per heavy atom. The molecule has 1 aromatic carbocycles. The minimum Gasteiger partial charge on any atom is -0.465 e. The van der Waals surface area contributed by atoms with Crippen molar-refractivity contribution in [2.24, 2.45) is 0 Å². The lowest BCUT2D eigenvalue weighted by Crippen LogP contribution is -2.44. The number of hydrogen-bond acceptors (Lipinski definition) is 4. The van der Waals surface area contributed by atoms with E-state index in [0.717, 1.165) is 22.7 Å². The number of nitrogens with zero attached hydrogens (tertiary/aromatic N) is 1. The smallest absolute Gasteiger partial charge is 0.321 e. The molecular weight excluding hydrogens is 292 g/mol. The number of ether oxygens (including phenoxy) is 1. The number of hydrogen-bond donors (Lipinski definition) is 1. The predicted molar refractivity (Wildman–Crippen MR) is 78.6 cm³/mol. The summed E-state index contributed by atoms with van der Waals surface area (Å²) in [4.78, 5) is 11.6. The maximum Gasteiger partial charge on any atom is 0.321 e. The molecule has 2 rings (SSSR count). The number of rotatable bonds is 8. The van der Waals surface area contributed by atoms with Crippen LogP contribution in [0.5, 0.6) is 0 Å². The van der Waals surface area contributed by atoms with Crippen LogP contribution in [-0.2, 0) is 26.3 Å². The lowest BCUT2D eigenvalue weighted by atomic mass is 10.2. The highest BCUT2D eigenvalue weighted by Gasteiger charge is 2.32. The first kappa shape index (κ1) is 15.9. The third-order valence-corrected chi connectivity index (χ3v) is 4.61. The first-order chi connectivity index (χ1) is 10.0. The van der Waals surface area contributed by atoms with Gasteiger partial charge in [0.2, 0.25) is 0 Å². The van der Waals surface area contributed by atoms with Gasteiger partial charge < -0.3 is 4.74 Å². The maximum absolute atomic E-state index is 12.3. The lowest BCUT2D eigenvalue weighted by Gasteiger charge is -2.21. The molecule has 0 aromatic heterocycles. The second-order valence-corrected chi connectivity index (χ2v) is 6.66. The minimum atomic E-state index is -3.69. The Morgan fingerprint density at radius 1 is 1.33 bits per heavy atom. The van der Waals surface area contributed by atoms with Crippen molar-refractivity contribution in [3.05, 3.63) is 35.9 Å². The fourth-order valence-corrected chi connectivity index (χ4v) is 3.25. The Hall–Kier alpha value is -1.44. The molecule has 6 nitrogen and oxygen atoms in total. The summed E-state index contributed by atoms with van der Waals surface area (Å²) < 4.78 is 33.2. The van der Waals surface area contributed by atoms with Gasteiger partial charge in [-0.05, 0) is 25.3 Å². The molecule has 1 aliphatic rings. The Bertz CT molecular complexity index is 570. The molecule has 1 aromatic rings. The largest absolute Gasteiger partial charge is 0.465 e. The Morgan fingerprint density at radius 3 is 2.57 bits per heavy atom. The SMILES string of the molecule is CCOC(=O)CN(Cc1ccccc1)S(=O)(=O)NC1CC1. The second kappa shape index (κ2) is 7.02. The molecule has 0 atom stereocenters. The Balaban J connectivity index is 2.10. The third-order valence-electron chi connectivity index (χ3n) is 3.05. The van der Waals surface area contributed by atoms with Crippen LogP contribution in [0.4, 0.5) is 0 Å². The van der Waals surface area contributed by atoms with Crippen molar-refractivity contribution in [2.75, 3.05) is 13.2 Å². The standard InChI is InChI=1S/C14H20N2O4S/c1-2-20-14(17)11-16(10-12-6-4-3-5-7-12)21(18,19)15-13-8-9-13/h3-7,13,15H,2,8-11H2,1H3. The van der Waals surface area contributed by atoms with E-state index in [4.69, 9.17) is 4.74 Å². The minimum absolute atomic E-state index is 0.00420. The van der Waals surface area contributed by atoms with Crippen molar-refractivity contribution in [2.45, 2.75) is 32.4 Å². The summed E-state index contributed by atoms with van der Waals surface area (Å²) in [6.45, 7) is 1.77. The van der Waals surface area contributed by atoms with Crippen LogP contribution in [0.3, 0.4) is 0 Å². The van der Waals surface area contributed by atoms with Gasteiger partial charge in [-0.1, -0.05) is 30.3 Å². The summed E-state index contributed by atoms with van der Waals surface area (Å²) in [5, 5.41) is 0. The topological polar surface area (TPSA) is 75.7 Å². The van der Waals surface area contributed by atoms with E-state index in [9.17, 15) is 13.2 Å². The van der Waals surface area contributed by atoms with Gasteiger partial charge in [-0.3, -0.25) is 4.79 Å². The fourth-order valence-electron chi connectivity index (χ4n) is 1.85. The van der Waals surface area contributed by atoms with Crippen molar-refractivity contribution in [3.63, 3.8) is 0 Å². The van der Waals surface area contributed by atoms with E-state index < -0.39 is 16.2 Å². The summed E-state index contributed by atoms with van der Waals surface area (Å²) in [6, 6.07) is 9.17. The molecule has 21 heavy (non-hydrogen) atoms. The highest BCUT2D eigenvalue weighted by atomic mass is 32.2. The molecule has 0 heterocycles. The van der Waals surface area contributed by atoms with Gasteiger partial charge in [0.15, 0.2) is 0 Å². The van der Waals surface area contributed by atoms with Crippen molar-refractivity contribution in [1.82, 2.24) is 9.03 Å². The zero-order chi connectivity index (χ0) is 15.3. The summed E-state index contributed by atoms with van der Waals surface area (Å²) in [5.41, 5.74) is 0.822. The maximum atomic E-state index is 12.3. The quantitative estimate of drug-likeness (QED) is 0.728. The van der Waals surface area contributed by atoms with E-state index in [1.54, 1.807) is 6.92 Å². The first-order valence-corrected chi connectivity index (χ1v) is 8.42. The molecule has 1 aliphatic carbocycles. The Kier molecular flexibility index (Phi) is 5.33. The second-order valence-electron chi connectivity index (χ2n) is 4.96. The highest BCUT2D eigenvalue weighted by molar-refractivity contribution is 7.87. The van der Waals surface area contributed by atoms with Crippen LogP contribution < -0.4 is 4.72 Å². The monoisotopic (exact) mass is 312 g/mol. The van der Waals surface area contributed by atoms with E-state index in [1.807, 2.05) is 30.3 Å². The molecule has 0 saturated heterocycles. The van der Waals surface area contributed by atoms with Gasteiger partial charge in [-0.15, -0.1) is 0 Å². The van der Waals surface area contributed by atoms with Gasteiger partial charge in [-0.25, -0.2) is 0 Å². The average Bonchev–Trinajstić information content (AvgIpc) is 3.23. The number of carbonyl (C=O) groups is 1. The number of nitrogens with one attached hydrogen (secondary N) is 1. The van der Waals surface area contributed by atoms with Gasteiger partial charge in [-0.2, -0.15) is 17.4 Å². The van der Waals surface area contributed by atoms with E-state index in [-0.39, 0.29) is 25.7 Å². The van der Waals surface area contributed by atoms with Crippen molar-refractivity contribution in [3.8, 4) is 0 Å². The van der Waals surface area contributed by atoms with Gasteiger partial charge >= 0.3 is 5.97 Å². The van der Waals surface area contributed by atoms with Crippen LogP contribution >= 0.6 is 0 Å². The molecule has 0 amide bonds. The summed E-state index contributed by atoms with van der Waals surface area (Å²) in [6.07, 6.45) is 1.69. The van der Waals surface area contributed by atoms with Crippen LogP contribution in [0.1, 0.15) is 25.3 Å². The number of esters is 1. The molecule has 1 N–H and O–H groups in total. The number of carbonyl (C=O) groups excluding carboxylic acids is 1. The van der Waals surface area contributed by atoms with Gasteiger partial charge in [0.1, 0.15) is 6.54 Å². The average molecular weight is 312 g/mol. The van der Waals surface area contributed by atoms with Crippen LogP contribution in [0.25, 0.3) is 0 Å². The van der Waals surface area contributed by atoms with Gasteiger partial charge in [0.05, 0.1) is 6.61 Å². The lowest BCUT2D eigenvalue weighted by molar-refractivity contribution is -0.143. The van der Waals surface area contributed by atoms with Crippen molar-refractivity contribution < 1.29 is 17.9 Å². The highest BCUT2D eigenvalue weighted by Crippen LogP contribution is 2.21. The van der Waals surface area contributed by atoms with Gasteiger partial charge in [0.25, 0.3) is 10.2 Å². The normalized spacial score (nSPS) is 15.1. The van der Waals surface area contributed by atoms with Crippen LogP contribution in [0, 0.1) is 0 Å². The third kappa shape index (κ3) is 5.11. The summed E-state index contributed by atoms with van der Waals surface area (Å²) >= 11 is 0. The van der Waals surface area contributed by atoms with E-state index >= 15 is 0 Å². The molecule has 1 fully saturated rings. The van der Waals surface area contributed by atoms with Crippen molar-refractivity contribution >= 4 is 16.2 Å². The van der Waals surface area contributed by atoms with Crippen molar-refractivity contribution in [1.29, 1.82) is 0 Å². The van der Waals surface area contributed by atoms with Crippen LogP contribution in [0.2, 0.25) is 0 Å². The molecule has 0 aliphatic heterocycles. The zero-order valence-corrected chi connectivity index (χ0v) is 12.8. The molecule has 0 unspecified atom stereocenters. The predicted octanol–water partition coefficient (Wildman–Crippen LogP) is 1.05. The van der Waals surface area contributed by atoms with E-state index in [0.29, 0.717) is 0 Å². The molecule has 116 valence electrons. The van der Waals surface area contributed by atoms with E-state index in [2.05, 4.69) is 4.72 Å². The molecule has 0 radical (unpaired) electrons. The fraction of sp³-hybridized carbons (Fsp3) is 0.500. The summed E-state index contributed by atoms with van der Waals surface area (Å²) in [5.74, 6) is -0.547. The van der Waals surface area contributed by atoms with Crippen LogP contribution in [0.15, 0.2) is 30.3 Å². The molecule has 0 spiro atoms. The van der Waals surface area contributed by atoms with Crippen LogP contribution in [-0.4, -0.2) is 37.9 Å².